The highest BCUT2D eigenvalue weighted by Crippen LogP contribution is 2.25. The first-order valence-electron chi connectivity index (χ1n) is 7.68. The summed E-state index contributed by atoms with van der Waals surface area (Å²) in [5.41, 5.74) is 2.10. The quantitative estimate of drug-likeness (QED) is 0.762. The van der Waals surface area contributed by atoms with E-state index in [0.717, 1.165) is 16.3 Å². The molecule has 0 aliphatic heterocycles. The number of nitrogens with one attached hydrogen (secondary N) is 1. The lowest BCUT2D eigenvalue weighted by Gasteiger charge is -2.09. The number of carbonyl (C=O) groups is 1. The molecule has 124 valence electrons. The van der Waals surface area contributed by atoms with Gasteiger partial charge in [-0.3, -0.25) is 9.78 Å². The van der Waals surface area contributed by atoms with Gasteiger partial charge >= 0.3 is 0 Å². The van der Waals surface area contributed by atoms with Crippen LogP contribution in [0.15, 0.2) is 40.5 Å². The Morgan fingerprint density at radius 2 is 2.17 bits per heavy atom. The van der Waals surface area contributed by atoms with E-state index >= 15 is 0 Å². The predicted octanol–water partition coefficient (Wildman–Crippen LogP) is 3.81. The van der Waals surface area contributed by atoms with Crippen molar-refractivity contribution in [3.05, 3.63) is 52.4 Å². The minimum atomic E-state index is -0.267. The molecule has 1 atom stereocenters. The maximum Gasteiger partial charge on any atom is 0.274 e. The van der Waals surface area contributed by atoms with Gasteiger partial charge < -0.3 is 9.84 Å². The van der Waals surface area contributed by atoms with Crippen molar-refractivity contribution in [2.45, 2.75) is 32.7 Å². The van der Waals surface area contributed by atoms with Crippen molar-refractivity contribution < 1.29 is 9.32 Å². The Kier molecular flexibility index (Phi) is 4.71. The van der Waals surface area contributed by atoms with Gasteiger partial charge in [-0.25, -0.2) is 4.98 Å². The number of rotatable bonds is 5. The number of carbonyl (C=O) groups excluding carboxylic acids is 1. The maximum atomic E-state index is 12.3. The summed E-state index contributed by atoms with van der Waals surface area (Å²) in [6.07, 6.45) is 3.49. The van der Waals surface area contributed by atoms with Crippen LogP contribution in [-0.4, -0.2) is 21.0 Å². The van der Waals surface area contributed by atoms with Gasteiger partial charge in [-0.15, -0.1) is 11.3 Å². The topological polar surface area (TPSA) is 80.9 Å². The van der Waals surface area contributed by atoms with Crippen molar-refractivity contribution >= 4 is 17.2 Å². The van der Waals surface area contributed by atoms with Crippen LogP contribution in [0.1, 0.15) is 54.0 Å². The normalized spacial score (nSPS) is 12.3. The fraction of sp³-hybridized carbons (Fsp3) is 0.294. The number of hydrogen-bond donors (Lipinski definition) is 1. The van der Waals surface area contributed by atoms with Gasteiger partial charge in [0.1, 0.15) is 10.8 Å². The van der Waals surface area contributed by atoms with E-state index in [1.165, 1.54) is 11.3 Å². The fourth-order valence-electron chi connectivity index (χ4n) is 2.13. The first kappa shape index (κ1) is 16.3. The minimum absolute atomic E-state index is 0.192. The van der Waals surface area contributed by atoms with E-state index in [1.54, 1.807) is 18.5 Å². The van der Waals surface area contributed by atoms with Crippen molar-refractivity contribution in [2.75, 3.05) is 0 Å². The summed E-state index contributed by atoms with van der Waals surface area (Å²) in [5, 5.41) is 9.51. The molecular formula is C17H18N4O2S. The van der Waals surface area contributed by atoms with Gasteiger partial charge in [0.25, 0.3) is 5.91 Å². The molecule has 0 saturated heterocycles. The van der Waals surface area contributed by atoms with Gasteiger partial charge in [0.15, 0.2) is 5.69 Å². The molecule has 0 saturated carbocycles. The second kappa shape index (κ2) is 6.92. The van der Waals surface area contributed by atoms with Crippen LogP contribution in [0.5, 0.6) is 0 Å². The lowest BCUT2D eigenvalue weighted by atomic mass is 10.1. The van der Waals surface area contributed by atoms with E-state index in [0.29, 0.717) is 5.76 Å². The lowest BCUT2D eigenvalue weighted by molar-refractivity contribution is 0.0930. The molecule has 1 unspecified atom stereocenters. The third-order valence-electron chi connectivity index (χ3n) is 3.53. The van der Waals surface area contributed by atoms with Crippen LogP contribution in [-0.2, 0) is 0 Å². The van der Waals surface area contributed by atoms with Crippen LogP contribution in [0.4, 0.5) is 0 Å². The average molecular weight is 342 g/mol. The van der Waals surface area contributed by atoms with Crippen LogP contribution in [0, 0.1) is 0 Å². The standard InChI is InChI=1S/C17H18N4O2S/c1-10(2)15-7-13(21-23-15)16(22)19-11(3)17-20-14(9-24-17)12-5-4-6-18-8-12/h4-11H,1-3H3,(H,19,22). The first-order chi connectivity index (χ1) is 11.5. The number of aromatic nitrogens is 3. The molecule has 1 N–H and O–H groups in total. The predicted molar refractivity (Wildman–Crippen MR) is 91.8 cm³/mol. The highest BCUT2D eigenvalue weighted by molar-refractivity contribution is 7.10. The van der Waals surface area contributed by atoms with Crippen molar-refractivity contribution in [3.63, 3.8) is 0 Å². The molecule has 0 aromatic carbocycles. The third-order valence-corrected chi connectivity index (χ3v) is 4.55. The zero-order valence-corrected chi connectivity index (χ0v) is 14.5. The van der Waals surface area contributed by atoms with Gasteiger partial charge in [-0.2, -0.15) is 0 Å². The van der Waals surface area contributed by atoms with Gasteiger partial charge in [-0.1, -0.05) is 19.0 Å². The van der Waals surface area contributed by atoms with Crippen molar-refractivity contribution in [1.29, 1.82) is 0 Å². The Morgan fingerprint density at radius 1 is 1.33 bits per heavy atom. The highest BCUT2D eigenvalue weighted by atomic mass is 32.1. The SMILES string of the molecule is CC(C)c1cc(C(=O)NC(C)c2nc(-c3cccnc3)cs2)no1. The zero-order valence-electron chi connectivity index (χ0n) is 13.7. The van der Waals surface area contributed by atoms with Crippen molar-refractivity contribution in [2.24, 2.45) is 0 Å². The van der Waals surface area contributed by atoms with Crippen LogP contribution >= 0.6 is 11.3 Å². The van der Waals surface area contributed by atoms with Gasteiger partial charge in [0.05, 0.1) is 11.7 Å². The molecular weight excluding hydrogens is 324 g/mol. The molecule has 3 rings (SSSR count). The Hall–Kier alpha value is -2.54. The number of amides is 1. The highest BCUT2D eigenvalue weighted by Gasteiger charge is 2.19. The second-order valence-electron chi connectivity index (χ2n) is 5.78. The second-order valence-corrected chi connectivity index (χ2v) is 6.67. The van der Waals surface area contributed by atoms with Gasteiger partial charge in [0, 0.05) is 35.3 Å². The van der Waals surface area contributed by atoms with Crippen LogP contribution in [0.2, 0.25) is 0 Å². The third kappa shape index (κ3) is 3.51. The number of nitrogens with zero attached hydrogens (tertiary/aromatic N) is 3. The molecule has 3 aromatic rings. The molecule has 6 nitrogen and oxygen atoms in total. The number of hydrogen-bond acceptors (Lipinski definition) is 6. The Morgan fingerprint density at radius 3 is 2.83 bits per heavy atom. The smallest absolute Gasteiger partial charge is 0.274 e. The molecule has 0 aliphatic carbocycles. The molecule has 3 heterocycles. The van der Waals surface area contributed by atoms with E-state index in [1.807, 2.05) is 38.3 Å². The summed E-state index contributed by atoms with van der Waals surface area (Å²) in [7, 11) is 0. The summed E-state index contributed by atoms with van der Waals surface area (Å²) >= 11 is 1.50. The van der Waals surface area contributed by atoms with Crippen molar-refractivity contribution in [3.8, 4) is 11.3 Å². The summed E-state index contributed by atoms with van der Waals surface area (Å²) < 4.78 is 5.17. The molecule has 1 amide bonds. The number of thiazole rings is 1. The summed E-state index contributed by atoms with van der Waals surface area (Å²) in [4.78, 5) is 21.0. The Labute approximate surface area is 143 Å². The molecule has 0 fully saturated rings. The Bertz CT molecular complexity index is 826. The molecule has 0 bridgehead atoms. The summed E-state index contributed by atoms with van der Waals surface area (Å²) in [6, 6.07) is 5.29. The number of pyridine rings is 1. The molecule has 7 heteroatoms. The molecule has 0 aliphatic rings. The van der Waals surface area contributed by atoms with E-state index in [2.05, 4.69) is 20.4 Å². The largest absolute Gasteiger partial charge is 0.360 e. The van der Waals surface area contributed by atoms with Gasteiger partial charge in [0.2, 0.25) is 0 Å². The van der Waals surface area contributed by atoms with Crippen LogP contribution < -0.4 is 5.32 Å². The summed E-state index contributed by atoms with van der Waals surface area (Å²) in [5.74, 6) is 0.620. The van der Waals surface area contributed by atoms with E-state index in [4.69, 9.17) is 4.52 Å². The molecule has 3 aromatic heterocycles. The van der Waals surface area contributed by atoms with Crippen molar-refractivity contribution in [1.82, 2.24) is 20.4 Å². The average Bonchev–Trinajstić information content (AvgIpc) is 3.25. The van der Waals surface area contributed by atoms with E-state index in [9.17, 15) is 4.79 Å². The Balaban J connectivity index is 1.69. The molecule has 0 spiro atoms. The first-order valence-corrected chi connectivity index (χ1v) is 8.56. The van der Waals surface area contributed by atoms with E-state index < -0.39 is 0 Å². The fourth-order valence-corrected chi connectivity index (χ4v) is 2.97. The van der Waals surface area contributed by atoms with Crippen LogP contribution in [0.25, 0.3) is 11.3 Å². The maximum absolute atomic E-state index is 12.3. The summed E-state index contributed by atoms with van der Waals surface area (Å²) in [6.45, 7) is 5.87. The van der Waals surface area contributed by atoms with Gasteiger partial charge in [-0.05, 0) is 19.1 Å². The molecule has 24 heavy (non-hydrogen) atoms. The van der Waals surface area contributed by atoms with E-state index in [-0.39, 0.29) is 23.6 Å². The zero-order chi connectivity index (χ0) is 17.1. The molecule has 0 radical (unpaired) electrons. The monoisotopic (exact) mass is 342 g/mol. The van der Waals surface area contributed by atoms with Crippen LogP contribution in [0.3, 0.4) is 0 Å². The minimum Gasteiger partial charge on any atom is -0.360 e. The lowest BCUT2D eigenvalue weighted by Crippen LogP contribution is -2.26.